The molecule has 0 aromatic heterocycles. The van der Waals surface area contributed by atoms with Gasteiger partial charge < -0.3 is 14.6 Å². The van der Waals surface area contributed by atoms with Crippen molar-refractivity contribution in [1.82, 2.24) is 0 Å². The molecule has 2 aromatic rings. The van der Waals surface area contributed by atoms with Gasteiger partial charge in [-0.2, -0.15) is 0 Å². The molecule has 5 nitrogen and oxygen atoms in total. The summed E-state index contributed by atoms with van der Waals surface area (Å²) in [6, 6.07) is 11.6. The smallest absolute Gasteiger partial charge is 0.314 e. The fraction of sp³-hybridized carbons (Fsp3) is 0.222. The largest absolute Gasteiger partial charge is 0.469 e. The van der Waals surface area contributed by atoms with Gasteiger partial charge in [0, 0.05) is 11.1 Å². The van der Waals surface area contributed by atoms with Crippen molar-refractivity contribution in [1.29, 1.82) is 0 Å². The lowest BCUT2D eigenvalue weighted by molar-refractivity contribution is -0.139. The molecule has 3 rings (SSSR count). The first kappa shape index (κ1) is 17.0. The number of benzene rings is 2. The lowest BCUT2D eigenvalue weighted by Crippen LogP contribution is -2.29. The van der Waals surface area contributed by atoms with E-state index in [1.54, 1.807) is 30.3 Å². The Balaban J connectivity index is 2.04. The van der Waals surface area contributed by atoms with Gasteiger partial charge in [0.2, 0.25) is 5.72 Å². The van der Waals surface area contributed by atoms with Crippen LogP contribution in [-0.4, -0.2) is 24.1 Å². The molecule has 2 unspecified atom stereocenters. The zero-order chi connectivity index (χ0) is 18.0. The van der Waals surface area contributed by atoms with E-state index in [2.05, 4.69) is 9.73 Å². The summed E-state index contributed by atoms with van der Waals surface area (Å²) in [5.74, 6) is -2.73. The maximum Gasteiger partial charge on any atom is 0.314 e. The van der Waals surface area contributed by atoms with Crippen LogP contribution in [0.4, 0.5) is 8.78 Å². The maximum atomic E-state index is 13.6. The predicted octanol–water partition coefficient (Wildman–Crippen LogP) is 2.84. The highest BCUT2D eigenvalue weighted by molar-refractivity contribution is 5.95. The molecule has 0 bridgehead atoms. The van der Waals surface area contributed by atoms with Crippen LogP contribution in [0, 0.1) is 11.6 Å². The van der Waals surface area contributed by atoms with Crippen molar-refractivity contribution < 1.29 is 28.2 Å². The molecule has 0 radical (unpaired) electrons. The summed E-state index contributed by atoms with van der Waals surface area (Å²) in [7, 11) is 1.22. The quantitative estimate of drug-likeness (QED) is 0.864. The Morgan fingerprint density at radius 1 is 1.24 bits per heavy atom. The van der Waals surface area contributed by atoms with Crippen LogP contribution in [0.25, 0.3) is 0 Å². The van der Waals surface area contributed by atoms with Crippen LogP contribution in [0.15, 0.2) is 53.5 Å². The van der Waals surface area contributed by atoms with Gasteiger partial charge in [-0.05, 0) is 12.1 Å². The average molecular weight is 347 g/mol. The number of rotatable bonds is 4. The zero-order valence-electron chi connectivity index (χ0n) is 13.3. The summed E-state index contributed by atoms with van der Waals surface area (Å²) < 4.78 is 37.0. The SMILES string of the molecule is COC(=O)CC1=NC(O)(c2ccccc2)C(c2ccc(F)c(F)c2)O1. The molecule has 1 N–H and O–H groups in total. The number of carbonyl (C=O) groups excluding carboxylic acids is 1. The number of ether oxygens (including phenoxy) is 2. The molecule has 0 saturated heterocycles. The Hall–Kier alpha value is -2.80. The van der Waals surface area contributed by atoms with Gasteiger partial charge in [-0.1, -0.05) is 36.4 Å². The molecule has 0 fully saturated rings. The fourth-order valence-electron chi connectivity index (χ4n) is 2.65. The Bertz CT molecular complexity index is 825. The molecule has 0 amide bonds. The molecule has 2 atom stereocenters. The second-order valence-corrected chi connectivity index (χ2v) is 5.52. The van der Waals surface area contributed by atoms with Crippen molar-refractivity contribution in [3.63, 3.8) is 0 Å². The minimum Gasteiger partial charge on any atom is -0.469 e. The summed E-state index contributed by atoms with van der Waals surface area (Å²) in [5, 5.41) is 11.1. The number of hydrogen-bond donors (Lipinski definition) is 1. The van der Waals surface area contributed by atoms with Gasteiger partial charge in [0.05, 0.1) is 7.11 Å². The molecule has 1 aliphatic heterocycles. The highest BCUT2D eigenvalue weighted by Gasteiger charge is 2.47. The summed E-state index contributed by atoms with van der Waals surface area (Å²) >= 11 is 0. The van der Waals surface area contributed by atoms with Crippen molar-refractivity contribution in [2.24, 2.45) is 4.99 Å². The Labute approximate surface area is 142 Å². The predicted molar refractivity (Wildman–Crippen MR) is 84.6 cm³/mol. The van der Waals surface area contributed by atoms with Crippen LogP contribution in [-0.2, 0) is 20.0 Å². The zero-order valence-corrected chi connectivity index (χ0v) is 13.3. The fourth-order valence-corrected chi connectivity index (χ4v) is 2.65. The van der Waals surface area contributed by atoms with Crippen LogP contribution >= 0.6 is 0 Å². The van der Waals surface area contributed by atoms with E-state index in [9.17, 15) is 18.7 Å². The Kier molecular flexibility index (Phi) is 4.50. The number of aliphatic hydroxyl groups is 1. The molecule has 2 aromatic carbocycles. The lowest BCUT2D eigenvalue weighted by Gasteiger charge is -2.26. The van der Waals surface area contributed by atoms with Crippen molar-refractivity contribution >= 4 is 11.9 Å². The van der Waals surface area contributed by atoms with Gasteiger partial charge in [-0.3, -0.25) is 4.79 Å². The van der Waals surface area contributed by atoms with Gasteiger partial charge in [0.1, 0.15) is 6.42 Å². The van der Waals surface area contributed by atoms with Gasteiger partial charge in [0.15, 0.2) is 23.6 Å². The highest BCUT2D eigenvalue weighted by Crippen LogP contribution is 2.44. The first-order chi connectivity index (χ1) is 11.9. The molecule has 1 aliphatic rings. The molecule has 0 saturated carbocycles. The van der Waals surface area contributed by atoms with E-state index < -0.39 is 29.4 Å². The van der Waals surface area contributed by atoms with Gasteiger partial charge in [-0.25, -0.2) is 13.8 Å². The summed E-state index contributed by atoms with van der Waals surface area (Å²) in [4.78, 5) is 15.6. The Morgan fingerprint density at radius 3 is 2.60 bits per heavy atom. The third kappa shape index (κ3) is 3.23. The summed E-state index contributed by atoms with van der Waals surface area (Å²) in [6.45, 7) is 0. The second-order valence-electron chi connectivity index (χ2n) is 5.52. The molecule has 130 valence electrons. The van der Waals surface area contributed by atoms with Gasteiger partial charge >= 0.3 is 5.97 Å². The molecule has 25 heavy (non-hydrogen) atoms. The van der Waals surface area contributed by atoms with Crippen molar-refractivity contribution in [3.8, 4) is 0 Å². The van der Waals surface area contributed by atoms with E-state index in [1.807, 2.05) is 0 Å². The van der Waals surface area contributed by atoms with Gasteiger partial charge in [-0.15, -0.1) is 0 Å². The first-order valence-electron chi connectivity index (χ1n) is 7.49. The van der Waals surface area contributed by atoms with Crippen molar-refractivity contribution in [2.75, 3.05) is 7.11 Å². The third-order valence-corrected chi connectivity index (χ3v) is 3.88. The molecule has 7 heteroatoms. The van der Waals surface area contributed by atoms with Crippen LogP contribution in [0.2, 0.25) is 0 Å². The summed E-state index contributed by atoms with van der Waals surface area (Å²) in [6.07, 6.45) is -1.42. The molecular weight excluding hydrogens is 332 g/mol. The maximum absolute atomic E-state index is 13.6. The number of carbonyl (C=O) groups is 1. The van der Waals surface area contributed by atoms with Gasteiger partial charge in [0.25, 0.3) is 0 Å². The topological polar surface area (TPSA) is 68.1 Å². The number of methoxy groups -OCH3 is 1. The lowest BCUT2D eigenvalue weighted by atomic mass is 9.92. The van der Waals surface area contributed by atoms with E-state index in [0.29, 0.717) is 5.56 Å². The summed E-state index contributed by atoms with van der Waals surface area (Å²) in [5.41, 5.74) is -1.30. The number of hydrogen-bond acceptors (Lipinski definition) is 5. The number of esters is 1. The highest BCUT2D eigenvalue weighted by atomic mass is 19.2. The van der Waals surface area contributed by atoms with E-state index in [-0.39, 0.29) is 17.9 Å². The third-order valence-electron chi connectivity index (χ3n) is 3.88. The molecule has 0 aliphatic carbocycles. The Morgan fingerprint density at radius 2 is 1.96 bits per heavy atom. The van der Waals surface area contributed by atoms with Crippen molar-refractivity contribution in [2.45, 2.75) is 18.2 Å². The number of aliphatic imine (C=N–C) groups is 1. The monoisotopic (exact) mass is 347 g/mol. The van der Waals surface area contributed by atoms with Crippen molar-refractivity contribution in [3.05, 3.63) is 71.3 Å². The minimum absolute atomic E-state index is 0.0482. The first-order valence-corrected chi connectivity index (χ1v) is 7.49. The second kappa shape index (κ2) is 6.60. The van der Waals surface area contributed by atoms with E-state index in [1.165, 1.54) is 13.2 Å². The van der Waals surface area contributed by atoms with Crippen LogP contribution in [0.3, 0.4) is 0 Å². The van der Waals surface area contributed by atoms with Crippen LogP contribution in [0.5, 0.6) is 0 Å². The van der Waals surface area contributed by atoms with E-state index >= 15 is 0 Å². The molecular formula is C18H15F2NO4. The van der Waals surface area contributed by atoms with Crippen LogP contribution in [0.1, 0.15) is 23.7 Å². The van der Waals surface area contributed by atoms with Crippen LogP contribution < -0.4 is 0 Å². The normalized spacial score (nSPS) is 22.2. The number of nitrogens with zero attached hydrogens (tertiary/aromatic N) is 1. The average Bonchev–Trinajstić information content (AvgIpc) is 2.95. The molecule has 0 spiro atoms. The standard InChI is InChI=1S/C18H15F2NO4/c1-24-16(22)10-15-21-18(23,12-5-3-2-4-6-12)17(25-15)11-7-8-13(19)14(20)9-11/h2-9,17,23H,10H2,1H3. The van der Waals surface area contributed by atoms with E-state index in [4.69, 9.17) is 4.74 Å². The molecule has 1 heterocycles. The number of halogens is 2. The minimum atomic E-state index is -1.88. The van der Waals surface area contributed by atoms with E-state index in [0.717, 1.165) is 12.1 Å².